The number of benzene rings is 1. The maximum absolute atomic E-state index is 5.78. The minimum Gasteiger partial charge on any atom is -0.496 e. The summed E-state index contributed by atoms with van der Waals surface area (Å²) in [4.78, 5) is 0. The number of methoxy groups -OCH3 is 1. The van der Waals surface area contributed by atoms with Crippen LogP contribution in [0.25, 0.3) is 0 Å². The smallest absolute Gasteiger partial charge is 0.127 e. The van der Waals surface area contributed by atoms with Crippen LogP contribution in [0, 0.1) is 27.7 Å². The molecule has 0 aliphatic carbocycles. The van der Waals surface area contributed by atoms with Crippen molar-refractivity contribution in [3.8, 4) is 5.75 Å². The SMILES string of the molecule is COc1c(C(NN)c2cc(C)oc2C)ccc(C)c1C. The Bertz CT molecular complexity index is 617. The van der Waals surface area contributed by atoms with Crippen LogP contribution in [0.2, 0.25) is 0 Å². The van der Waals surface area contributed by atoms with Gasteiger partial charge in [-0.05, 0) is 44.9 Å². The number of rotatable bonds is 4. The predicted molar refractivity (Wildman–Crippen MR) is 79.8 cm³/mol. The quantitative estimate of drug-likeness (QED) is 0.664. The van der Waals surface area contributed by atoms with Gasteiger partial charge < -0.3 is 9.15 Å². The van der Waals surface area contributed by atoms with Gasteiger partial charge in [-0.2, -0.15) is 0 Å². The van der Waals surface area contributed by atoms with E-state index in [2.05, 4.69) is 25.3 Å². The molecule has 0 aliphatic rings. The Morgan fingerprint density at radius 3 is 2.35 bits per heavy atom. The molecule has 1 aromatic carbocycles. The van der Waals surface area contributed by atoms with Crippen molar-refractivity contribution in [1.82, 2.24) is 5.43 Å². The Hall–Kier alpha value is -1.78. The Labute approximate surface area is 119 Å². The Kier molecular flexibility index (Phi) is 4.16. The zero-order valence-electron chi connectivity index (χ0n) is 12.7. The number of hydrogen-bond acceptors (Lipinski definition) is 4. The fourth-order valence-electron chi connectivity index (χ4n) is 2.59. The second-order valence-corrected chi connectivity index (χ2v) is 5.10. The second kappa shape index (κ2) is 5.69. The molecule has 0 saturated heterocycles. The van der Waals surface area contributed by atoms with Gasteiger partial charge in [0.1, 0.15) is 17.3 Å². The van der Waals surface area contributed by atoms with Crippen molar-refractivity contribution in [3.63, 3.8) is 0 Å². The maximum Gasteiger partial charge on any atom is 0.127 e. The van der Waals surface area contributed by atoms with E-state index in [1.807, 2.05) is 26.0 Å². The van der Waals surface area contributed by atoms with Gasteiger partial charge >= 0.3 is 0 Å². The van der Waals surface area contributed by atoms with Crippen molar-refractivity contribution < 1.29 is 9.15 Å². The van der Waals surface area contributed by atoms with Gasteiger partial charge in [-0.1, -0.05) is 12.1 Å². The molecule has 0 spiro atoms. The molecule has 0 aliphatic heterocycles. The molecule has 1 aromatic heterocycles. The van der Waals surface area contributed by atoms with Gasteiger partial charge in [-0.15, -0.1) is 0 Å². The molecule has 0 fully saturated rings. The van der Waals surface area contributed by atoms with Crippen molar-refractivity contribution in [2.45, 2.75) is 33.7 Å². The van der Waals surface area contributed by atoms with Gasteiger partial charge in [0.15, 0.2) is 0 Å². The number of nitrogens with two attached hydrogens (primary N) is 1. The van der Waals surface area contributed by atoms with Crippen molar-refractivity contribution in [3.05, 3.63) is 52.0 Å². The van der Waals surface area contributed by atoms with E-state index >= 15 is 0 Å². The molecular weight excluding hydrogens is 252 g/mol. The topological polar surface area (TPSA) is 60.4 Å². The van der Waals surface area contributed by atoms with Crippen LogP contribution < -0.4 is 16.0 Å². The second-order valence-electron chi connectivity index (χ2n) is 5.10. The van der Waals surface area contributed by atoms with Crippen molar-refractivity contribution in [2.24, 2.45) is 5.84 Å². The summed E-state index contributed by atoms with van der Waals surface area (Å²) in [7, 11) is 1.69. The largest absolute Gasteiger partial charge is 0.496 e. The van der Waals surface area contributed by atoms with Crippen LogP contribution in [-0.2, 0) is 0 Å². The zero-order chi connectivity index (χ0) is 14.9. The molecule has 108 valence electrons. The molecular formula is C16H22N2O2. The molecule has 2 rings (SSSR count). The number of furan rings is 1. The van der Waals surface area contributed by atoms with E-state index in [-0.39, 0.29) is 6.04 Å². The first-order chi connectivity index (χ1) is 9.49. The highest BCUT2D eigenvalue weighted by molar-refractivity contribution is 5.50. The van der Waals surface area contributed by atoms with Gasteiger partial charge in [-0.25, -0.2) is 5.43 Å². The highest BCUT2D eigenvalue weighted by Gasteiger charge is 2.22. The molecule has 1 unspecified atom stereocenters. The first-order valence-corrected chi connectivity index (χ1v) is 6.66. The van der Waals surface area contributed by atoms with Gasteiger partial charge in [0.25, 0.3) is 0 Å². The Morgan fingerprint density at radius 2 is 1.85 bits per heavy atom. The lowest BCUT2D eigenvalue weighted by atomic mass is 9.95. The molecule has 3 N–H and O–H groups in total. The van der Waals surface area contributed by atoms with Crippen molar-refractivity contribution in [1.29, 1.82) is 0 Å². The summed E-state index contributed by atoms with van der Waals surface area (Å²) in [6.45, 7) is 8.00. The van der Waals surface area contributed by atoms with Crippen molar-refractivity contribution >= 4 is 0 Å². The van der Waals surface area contributed by atoms with E-state index < -0.39 is 0 Å². The van der Waals surface area contributed by atoms with E-state index in [4.69, 9.17) is 15.0 Å². The molecule has 0 bridgehead atoms. The van der Waals surface area contributed by atoms with Crippen LogP contribution in [0.4, 0.5) is 0 Å². The minimum absolute atomic E-state index is 0.151. The van der Waals surface area contributed by atoms with Crippen molar-refractivity contribution in [2.75, 3.05) is 7.11 Å². The number of nitrogens with one attached hydrogen (secondary N) is 1. The summed E-state index contributed by atoms with van der Waals surface area (Å²) < 4.78 is 11.2. The zero-order valence-corrected chi connectivity index (χ0v) is 12.7. The Balaban J connectivity index is 2.58. The van der Waals surface area contributed by atoms with E-state index in [0.29, 0.717) is 0 Å². The Morgan fingerprint density at radius 1 is 1.15 bits per heavy atom. The van der Waals surface area contributed by atoms with Crippen LogP contribution in [0.15, 0.2) is 22.6 Å². The summed E-state index contributed by atoms with van der Waals surface area (Å²) in [5.41, 5.74) is 7.24. The average molecular weight is 274 g/mol. The third-order valence-corrected chi connectivity index (χ3v) is 3.78. The fourth-order valence-corrected chi connectivity index (χ4v) is 2.59. The van der Waals surface area contributed by atoms with Gasteiger partial charge in [-0.3, -0.25) is 5.84 Å². The van der Waals surface area contributed by atoms with Crippen LogP contribution >= 0.6 is 0 Å². The van der Waals surface area contributed by atoms with E-state index in [1.165, 1.54) is 5.56 Å². The summed E-state index contributed by atoms with van der Waals surface area (Å²) in [5.74, 6) is 8.39. The van der Waals surface area contributed by atoms with E-state index in [9.17, 15) is 0 Å². The number of hydrogen-bond donors (Lipinski definition) is 2. The predicted octanol–water partition coefficient (Wildman–Crippen LogP) is 3.07. The lowest BCUT2D eigenvalue weighted by molar-refractivity contribution is 0.400. The first-order valence-electron chi connectivity index (χ1n) is 6.66. The van der Waals surface area contributed by atoms with Crippen LogP contribution in [0.3, 0.4) is 0 Å². The van der Waals surface area contributed by atoms with Crippen LogP contribution in [0.1, 0.15) is 39.8 Å². The molecule has 0 amide bonds. The lowest BCUT2D eigenvalue weighted by Gasteiger charge is -2.21. The summed E-state index contributed by atoms with van der Waals surface area (Å²) in [6.07, 6.45) is 0. The monoisotopic (exact) mass is 274 g/mol. The van der Waals surface area contributed by atoms with E-state index in [0.717, 1.165) is 34.0 Å². The van der Waals surface area contributed by atoms with Crippen LogP contribution in [-0.4, -0.2) is 7.11 Å². The average Bonchev–Trinajstić information content (AvgIpc) is 2.74. The fraction of sp³-hybridized carbons (Fsp3) is 0.375. The molecule has 4 nitrogen and oxygen atoms in total. The number of ether oxygens (including phenoxy) is 1. The maximum atomic E-state index is 5.78. The molecule has 1 heterocycles. The first kappa shape index (κ1) is 14.6. The molecule has 0 saturated carbocycles. The summed E-state index contributed by atoms with van der Waals surface area (Å²) in [5, 5.41) is 0. The molecule has 4 heteroatoms. The van der Waals surface area contributed by atoms with E-state index in [1.54, 1.807) is 7.11 Å². The van der Waals surface area contributed by atoms with Crippen LogP contribution in [0.5, 0.6) is 5.75 Å². The normalized spacial score (nSPS) is 12.5. The number of aryl methyl sites for hydroxylation is 3. The highest BCUT2D eigenvalue weighted by Crippen LogP contribution is 2.35. The molecule has 0 radical (unpaired) electrons. The highest BCUT2D eigenvalue weighted by atomic mass is 16.5. The minimum atomic E-state index is -0.151. The van der Waals surface area contributed by atoms with Gasteiger partial charge in [0, 0.05) is 11.1 Å². The third kappa shape index (κ3) is 2.44. The molecule has 1 atom stereocenters. The molecule has 2 aromatic rings. The summed E-state index contributed by atoms with van der Waals surface area (Å²) >= 11 is 0. The van der Waals surface area contributed by atoms with Gasteiger partial charge in [0.2, 0.25) is 0 Å². The third-order valence-electron chi connectivity index (χ3n) is 3.78. The standard InChI is InChI=1S/C16H22N2O2/c1-9-6-7-13(16(19-5)11(9)3)15(18-17)14-8-10(2)20-12(14)4/h6-8,15,18H,17H2,1-5H3. The molecule has 20 heavy (non-hydrogen) atoms. The summed E-state index contributed by atoms with van der Waals surface area (Å²) in [6, 6.07) is 5.99. The lowest BCUT2D eigenvalue weighted by Crippen LogP contribution is -2.29. The number of hydrazine groups is 1. The van der Waals surface area contributed by atoms with Gasteiger partial charge in [0.05, 0.1) is 13.2 Å².